The van der Waals surface area contributed by atoms with E-state index in [1.807, 2.05) is 30.5 Å². The van der Waals surface area contributed by atoms with E-state index in [9.17, 15) is 4.79 Å². The fourth-order valence-corrected chi connectivity index (χ4v) is 3.26. The zero-order valence-corrected chi connectivity index (χ0v) is 15.8. The predicted molar refractivity (Wildman–Crippen MR) is 106 cm³/mol. The SMILES string of the molecule is O=C1OC(c2ccc3c(c2)OCO3)=N/C1=C\c1cnn(Cc2ccccc2Cl)c1. The van der Waals surface area contributed by atoms with Gasteiger partial charge in [0.1, 0.15) is 0 Å². The summed E-state index contributed by atoms with van der Waals surface area (Å²) in [5, 5.41) is 5.00. The van der Waals surface area contributed by atoms with Gasteiger partial charge in [0, 0.05) is 22.3 Å². The molecule has 3 aromatic rings. The lowest BCUT2D eigenvalue weighted by Crippen LogP contribution is -2.05. The number of carbonyl (C=O) groups is 1. The molecular weight excluding hydrogens is 394 g/mol. The number of halogens is 1. The average Bonchev–Trinajstić information content (AvgIpc) is 3.44. The van der Waals surface area contributed by atoms with Gasteiger partial charge in [-0.3, -0.25) is 4.68 Å². The topological polar surface area (TPSA) is 74.9 Å². The number of hydrogen-bond acceptors (Lipinski definition) is 6. The number of benzene rings is 2. The van der Waals surface area contributed by atoms with Gasteiger partial charge in [0.05, 0.1) is 12.7 Å². The van der Waals surface area contributed by atoms with E-state index in [4.69, 9.17) is 25.8 Å². The van der Waals surface area contributed by atoms with E-state index < -0.39 is 5.97 Å². The first-order valence-electron chi connectivity index (χ1n) is 8.84. The minimum atomic E-state index is -0.517. The van der Waals surface area contributed by atoms with Crippen LogP contribution in [-0.4, -0.2) is 28.4 Å². The Morgan fingerprint density at radius 1 is 1.14 bits per heavy atom. The number of hydrogen-bond donors (Lipinski definition) is 0. The molecule has 0 bridgehead atoms. The summed E-state index contributed by atoms with van der Waals surface area (Å²) in [6, 6.07) is 12.8. The highest BCUT2D eigenvalue weighted by atomic mass is 35.5. The number of aromatic nitrogens is 2. The fourth-order valence-electron chi connectivity index (χ4n) is 3.06. The molecule has 1 aromatic heterocycles. The van der Waals surface area contributed by atoms with Crippen molar-refractivity contribution in [1.82, 2.24) is 9.78 Å². The molecule has 8 heteroatoms. The van der Waals surface area contributed by atoms with Crippen LogP contribution in [0.3, 0.4) is 0 Å². The summed E-state index contributed by atoms with van der Waals surface area (Å²) < 4.78 is 17.7. The molecule has 7 nitrogen and oxygen atoms in total. The summed E-state index contributed by atoms with van der Waals surface area (Å²) in [4.78, 5) is 16.6. The molecule has 0 unspecified atom stereocenters. The fraction of sp³-hybridized carbons (Fsp3) is 0.0952. The third-order valence-corrected chi connectivity index (χ3v) is 4.86. The largest absolute Gasteiger partial charge is 0.454 e. The summed E-state index contributed by atoms with van der Waals surface area (Å²) in [6.07, 6.45) is 5.11. The van der Waals surface area contributed by atoms with Gasteiger partial charge in [0.15, 0.2) is 17.2 Å². The maximum absolute atomic E-state index is 12.2. The Morgan fingerprint density at radius 2 is 2.00 bits per heavy atom. The highest BCUT2D eigenvalue weighted by molar-refractivity contribution is 6.31. The number of cyclic esters (lactones) is 1. The van der Waals surface area contributed by atoms with Crippen molar-refractivity contribution < 1.29 is 19.0 Å². The summed E-state index contributed by atoms with van der Waals surface area (Å²) in [5.74, 6) is 0.958. The second-order valence-electron chi connectivity index (χ2n) is 6.47. The van der Waals surface area contributed by atoms with Crippen LogP contribution in [0.25, 0.3) is 6.08 Å². The van der Waals surface area contributed by atoms with Crippen molar-refractivity contribution in [2.24, 2.45) is 4.99 Å². The molecule has 0 amide bonds. The molecule has 2 aliphatic rings. The zero-order chi connectivity index (χ0) is 19.8. The van der Waals surface area contributed by atoms with Crippen molar-refractivity contribution in [1.29, 1.82) is 0 Å². The molecule has 0 atom stereocenters. The first-order chi connectivity index (χ1) is 14.2. The first kappa shape index (κ1) is 17.5. The third-order valence-electron chi connectivity index (χ3n) is 4.49. The summed E-state index contributed by atoms with van der Waals surface area (Å²) in [7, 11) is 0. The van der Waals surface area contributed by atoms with Crippen LogP contribution in [0.2, 0.25) is 5.02 Å². The molecule has 2 aliphatic heterocycles. The minimum absolute atomic E-state index is 0.175. The molecule has 0 N–H and O–H groups in total. The second-order valence-corrected chi connectivity index (χ2v) is 6.87. The number of ether oxygens (including phenoxy) is 3. The van der Waals surface area contributed by atoms with Crippen molar-refractivity contribution in [2.45, 2.75) is 6.54 Å². The predicted octanol–water partition coefficient (Wildman–Crippen LogP) is 3.66. The summed E-state index contributed by atoms with van der Waals surface area (Å²) in [6.45, 7) is 0.702. The van der Waals surface area contributed by atoms with Gasteiger partial charge in [0.2, 0.25) is 12.7 Å². The number of fused-ring (bicyclic) bond motifs is 1. The Hall–Kier alpha value is -3.58. The average molecular weight is 408 g/mol. The van der Waals surface area contributed by atoms with Gasteiger partial charge < -0.3 is 14.2 Å². The lowest BCUT2D eigenvalue weighted by molar-refractivity contribution is -0.129. The van der Waals surface area contributed by atoms with E-state index in [2.05, 4.69) is 10.1 Å². The molecule has 0 spiro atoms. The van der Waals surface area contributed by atoms with Crippen molar-refractivity contribution in [3.05, 3.63) is 82.3 Å². The van der Waals surface area contributed by atoms with Gasteiger partial charge in [0.25, 0.3) is 0 Å². The Balaban J connectivity index is 1.37. The van der Waals surface area contributed by atoms with Crippen LogP contribution in [0.4, 0.5) is 0 Å². The lowest BCUT2D eigenvalue weighted by atomic mass is 10.2. The minimum Gasteiger partial charge on any atom is -0.454 e. The van der Waals surface area contributed by atoms with Crippen molar-refractivity contribution >= 4 is 29.5 Å². The molecule has 0 aliphatic carbocycles. The smallest absolute Gasteiger partial charge is 0.363 e. The van der Waals surface area contributed by atoms with Gasteiger partial charge in [-0.25, -0.2) is 9.79 Å². The van der Waals surface area contributed by atoms with Gasteiger partial charge >= 0.3 is 5.97 Å². The second kappa shape index (κ2) is 7.10. The third kappa shape index (κ3) is 3.48. The van der Waals surface area contributed by atoms with Crippen molar-refractivity contribution in [3.63, 3.8) is 0 Å². The maximum Gasteiger partial charge on any atom is 0.363 e. The molecule has 0 radical (unpaired) electrons. The van der Waals surface area contributed by atoms with Crippen LogP contribution in [-0.2, 0) is 16.1 Å². The number of aliphatic imine (C=N–C) groups is 1. The Kier molecular flexibility index (Phi) is 4.29. The molecule has 29 heavy (non-hydrogen) atoms. The van der Waals surface area contributed by atoms with Crippen LogP contribution >= 0.6 is 11.6 Å². The van der Waals surface area contributed by atoms with E-state index in [1.165, 1.54) is 0 Å². The number of esters is 1. The number of nitrogens with zero attached hydrogens (tertiary/aromatic N) is 3. The standard InChI is InChI=1S/C21H14ClN3O4/c22-16-4-2-1-3-15(16)11-25-10-13(9-23-25)7-17-21(26)29-20(24-17)14-5-6-18-19(8-14)28-12-27-18/h1-10H,11-12H2/b17-7-. The van der Waals surface area contributed by atoms with Crippen LogP contribution in [0.5, 0.6) is 11.5 Å². The molecule has 5 rings (SSSR count). The van der Waals surface area contributed by atoms with E-state index >= 15 is 0 Å². The van der Waals surface area contributed by atoms with Crippen LogP contribution in [0.1, 0.15) is 16.7 Å². The number of rotatable bonds is 4. The van der Waals surface area contributed by atoms with Gasteiger partial charge in [-0.2, -0.15) is 5.10 Å². The normalized spacial score (nSPS) is 16.2. The van der Waals surface area contributed by atoms with Gasteiger partial charge in [-0.15, -0.1) is 0 Å². The van der Waals surface area contributed by atoms with E-state index in [0.29, 0.717) is 28.6 Å². The molecular formula is C21H14ClN3O4. The maximum atomic E-state index is 12.2. The molecule has 0 saturated heterocycles. The Morgan fingerprint density at radius 3 is 2.90 bits per heavy atom. The number of carbonyl (C=O) groups excluding carboxylic acids is 1. The van der Waals surface area contributed by atoms with Crippen LogP contribution in [0, 0.1) is 0 Å². The lowest BCUT2D eigenvalue weighted by Gasteiger charge is -2.03. The van der Waals surface area contributed by atoms with Gasteiger partial charge in [-0.1, -0.05) is 29.8 Å². The van der Waals surface area contributed by atoms with Crippen molar-refractivity contribution in [2.75, 3.05) is 6.79 Å². The first-order valence-corrected chi connectivity index (χ1v) is 9.22. The highest BCUT2D eigenvalue weighted by Crippen LogP contribution is 2.33. The quantitative estimate of drug-likeness (QED) is 0.487. The highest BCUT2D eigenvalue weighted by Gasteiger charge is 2.26. The van der Waals surface area contributed by atoms with E-state index in [1.54, 1.807) is 35.2 Å². The van der Waals surface area contributed by atoms with Crippen molar-refractivity contribution in [3.8, 4) is 11.5 Å². The van der Waals surface area contributed by atoms with E-state index in [-0.39, 0.29) is 18.4 Å². The molecule has 144 valence electrons. The van der Waals surface area contributed by atoms with Crippen LogP contribution in [0.15, 0.2) is 65.5 Å². The summed E-state index contributed by atoms with van der Waals surface area (Å²) in [5.41, 5.74) is 2.54. The van der Waals surface area contributed by atoms with Crippen LogP contribution < -0.4 is 9.47 Å². The zero-order valence-electron chi connectivity index (χ0n) is 15.0. The Labute approximate surface area is 170 Å². The molecule has 0 fully saturated rings. The monoisotopic (exact) mass is 407 g/mol. The molecule has 2 aromatic carbocycles. The van der Waals surface area contributed by atoms with E-state index in [0.717, 1.165) is 11.1 Å². The molecule has 0 saturated carbocycles. The van der Waals surface area contributed by atoms with Gasteiger partial charge in [-0.05, 0) is 35.9 Å². The Bertz CT molecular complexity index is 1180. The molecule has 3 heterocycles. The summed E-state index contributed by atoms with van der Waals surface area (Å²) >= 11 is 6.20.